The van der Waals surface area contributed by atoms with Crippen LogP contribution in [0.2, 0.25) is 0 Å². The van der Waals surface area contributed by atoms with Gasteiger partial charge in [-0.2, -0.15) is 5.26 Å². The number of amides is 1. The molecule has 6 heteroatoms. The predicted octanol–water partition coefficient (Wildman–Crippen LogP) is 0.997. The fraction of sp³-hybridized carbons (Fsp3) is 0.375. The van der Waals surface area contributed by atoms with Crippen LogP contribution in [-0.4, -0.2) is 39.8 Å². The lowest BCUT2D eigenvalue weighted by molar-refractivity contribution is -0.117. The lowest BCUT2D eigenvalue weighted by atomic mass is 10.1. The van der Waals surface area contributed by atoms with E-state index in [0.29, 0.717) is 26.1 Å². The second-order valence-electron chi connectivity index (χ2n) is 4.47. The first-order valence-electron chi connectivity index (χ1n) is 6.95. The number of benzene rings is 1. The van der Waals surface area contributed by atoms with Gasteiger partial charge in [0.15, 0.2) is 0 Å². The Balaban J connectivity index is 2.38. The summed E-state index contributed by atoms with van der Waals surface area (Å²) in [6.07, 6.45) is 2.09. The Labute approximate surface area is 130 Å². The van der Waals surface area contributed by atoms with E-state index < -0.39 is 0 Å². The largest absolute Gasteiger partial charge is 0.497 e. The van der Waals surface area contributed by atoms with E-state index in [1.54, 1.807) is 14.2 Å². The molecule has 0 bridgehead atoms. The van der Waals surface area contributed by atoms with Gasteiger partial charge in [0.1, 0.15) is 17.4 Å². The standard InChI is InChI=1S/C16H21N3O3/c1-21-10-9-18-12-14(11-17)16(20)19-8-7-13-3-5-15(22-2)6-4-13/h3-6,12,18H,7-10H2,1-2H3,(H,19,20)/b14-12-. The Morgan fingerprint density at radius 1 is 1.27 bits per heavy atom. The maximum absolute atomic E-state index is 11.8. The number of nitrogens with zero attached hydrogens (tertiary/aromatic N) is 1. The molecule has 0 saturated carbocycles. The topological polar surface area (TPSA) is 83.4 Å². The lowest BCUT2D eigenvalue weighted by Crippen LogP contribution is -2.28. The summed E-state index contributed by atoms with van der Waals surface area (Å²) in [5.41, 5.74) is 1.13. The van der Waals surface area contributed by atoms with E-state index in [0.717, 1.165) is 11.3 Å². The average Bonchev–Trinajstić information content (AvgIpc) is 2.55. The third-order valence-electron chi connectivity index (χ3n) is 2.92. The molecule has 2 N–H and O–H groups in total. The summed E-state index contributed by atoms with van der Waals surface area (Å²) >= 11 is 0. The summed E-state index contributed by atoms with van der Waals surface area (Å²) < 4.78 is 9.95. The second-order valence-corrected chi connectivity index (χ2v) is 4.47. The van der Waals surface area contributed by atoms with E-state index in [1.165, 1.54) is 6.20 Å². The first kappa shape index (κ1) is 17.5. The molecule has 1 amide bonds. The van der Waals surface area contributed by atoms with E-state index in [9.17, 15) is 4.79 Å². The van der Waals surface area contributed by atoms with E-state index in [1.807, 2.05) is 30.3 Å². The number of methoxy groups -OCH3 is 2. The highest BCUT2D eigenvalue weighted by Crippen LogP contribution is 2.11. The Morgan fingerprint density at radius 3 is 2.59 bits per heavy atom. The zero-order valence-corrected chi connectivity index (χ0v) is 12.9. The second kappa shape index (κ2) is 10.2. The van der Waals surface area contributed by atoms with Gasteiger partial charge < -0.3 is 20.1 Å². The fourth-order valence-electron chi connectivity index (χ4n) is 1.69. The molecule has 0 aliphatic rings. The summed E-state index contributed by atoms with van der Waals surface area (Å²) in [6.45, 7) is 1.51. The summed E-state index contributed by atoms with van der Waals surface area (Å²) in [6, 6.07) is 9.50. The number of rotatable bonds is 9. The molecule has 1 aromatic rings. The van der Waals surface area contributed by atoms with Gasteiger partial charge in [0.05, 0.1) is 13.7 Å². The number of ether oxygens (including phenoxy) is 2. The van der Waals surface area contributed by atoms with Gasteiger partial charge in [-0.25, -0.2) is 0 Å². The van der Waals surface area contributed by atoms with Crippen LogP contribution >= 0.6 is 0 Å². The molecule has 6 nitrogen and oxygen atoms in total. The van der Waals surface area contributed by atoms with Gasteiger partial charge in [-0.3, -0.25) is 4.79 Å². The molecule has 0 aliphatic carbocycles. The van der Waals surface area contributed by atoms with Crippen LogP contribution < -0.4 is 15.4 Å². The van der Waals surface area contributed by atoms with Crippen molar-refractivity contribution < 1.29 is 14.3 Å². The minimum atomic E-state index is -0.388. The van der Waals surface area contributed by atoms with Crippen LogP contribution in [0.3, 0.4) is 0 Å². The quantitative estimate of drug-likeness (QED) is 0.404. The molecular formula is C16H21N3O3. The maximum atomic E-state index is 11.8. The first-order valence-corrected chi connectivity index (χ1v) is 6.95. The van der Waals surface area contributed by atoms with Crippen LogP contribution in [0, 0.1) is 11.3 Å². The van der Waals surface area contributed by atoms with Gasteiger partial charge in [0.25, 0.3) is 5.91 Å². The minimum Gasteiger partial charge on any atom is -0.497 e. The smallest absolute Gasteiger partial charge is 0.263 e. The average molecular weight is 303 g/mol. The molecule has 1 aromatic carbocycles. The van der Waals surface area contributed by atoms with Crippen molar-refractivity contribution in [3.8, 4) is 11.8 Å². The normalized spacial score (nSPS) is 10.7. The van der Waals surface area contributed by atoms with Crippen molar-refractivity contribution in [1.82, 2.24) is 10.6 Å². The zero-order valence-electron chi connectivity index (χ0n) is 12.9. The molecular weight excluding hydrogens is 282 g/mol. The van der Waals surface area contributed by atoms with Crippen molar-refractivity contribution >= 4 is 5.91 Å². The summed E-state index contributed by atoms with van der Waals surface area (Å²) in [7, 11) is 3.20. The Bertz CT molecular complexity index is 533. The molecule has 0 aliphatic heterocycles. The van der Waals surface area contributed by atoms with Gasteiger partial charge in [-0.1, -0.05) is 12.1 Å². The van der Waals surface area contributed by atoms with E-state index in [4.69, 9.17) is 14.7 Å². The van der Waals surface area contributed by atoms with Crippen LogP contribution in [0.25, 0.3) is 0 Å². The number of nitrogens with one attached hydrogen (secondary N) is 2. The molecule has 0 unspecified atom stereocenters. The molecule has 118 valence electrons. The summed E-state index contributed by atoms with van der Waals surface area (Å²) in [5.74, 6) is 0.408. The molecule has 22 heavy (non-hydrogen) atoms. The van der Waals surface area contributed by atoms with Crippen molar-refractivity contribution in [2.45, 2.75) is 6.42 Å². The van der Waals surface area contributed by atoms with Gasteiger partial charge >= 0.3 is 0 Å². The van der Waals surface area contributed by atoms with E-state index in [2.05, 4.69) is 10.6 Å². The van der Waals surface area contributed by atoms with Crippen molar-refractivity contribution in [1.29, 1.82) is 5.26 Å². The van der Waals surface area contributed by atoms with E-state index in [-0.39, 0.29) is 11.5 Å². The highest BCUT2D eigenvalue weighted by Gasteiger charge is 2.07. The van der Waals surface area contributed by atoms with Gasteiger partial charge in [-0.15, -0.1) is 0 Å². The van der Waals surface area contributed by atoms with Crippen LogP contribution in [0.5, 0.6) is 5.75 Å². The number of nitriles is 1. The maximum Gasteiger partial charge on any atom is 0.263 e. The Morgan fingerprint density at radius 2 is 2.00 bits per heavy atom. The number of carbonyl (C=O) groups excluding carboxylic acids is 1. The molecule has 0 heterocycles. The Kier molecular flexibility index (Phi) is 8.16. The van der Waals surface area contributed by atoms with Crippen LogP contribution in [0.4, 0.5) is 0 Å². The summed E-state index contributed by atoms with van der Waals surface area (Å²) in [5, 5.41) is 14.5. The van der Waals surface area contributed by atoms with Crippen molar-refractivity contribution in [3.63, 3.8) is 0 Å². The highest BCUT2D eigenvalue weighted by atomic mass is 16.5. The van der Waals surface area contributed by atoms with Gasteiger partial charge in [0, 0.05) is 26.4 Å². The Hall–Kier alpha value is -2.52. The molecule has 1 rings (SSSR count). The molecule has 0 radical (unpaired) electrons. The van der Waals surface area contributed by atoms with Crippen molar-refractivity contribution in [2.24, 2.45) is 0 Å². The minimum absolute atomic E-state index is 0.0471. The SMILES string of the molecule is COCCN/C=C(/C#N)C(=O)NCCc1ccc(OC)cc1. The predicted molar refractivity (Wildman–Crippen MR) is 83.3 cm³/mol. The molecule has 0 spiro atoms. The van der Waals surface area contributed by atoms with Gasteiger partial charge in [-0.05, 0) is 24.1 Å². The third-order valence-corrected chi connectivity index (χ3v) is 2.92. The fourth-order valence-corrected chi connectivity index (χ4v) is 1.69. The highest BCUT2D eigenvalue weighted by molar-refractivity contribution is 5.97. The lowest BCUT2D eigenvalue weighted by Gasteiger charge is -2.06. The molecule has 0 fully saturated rings. The van der Waals surface area contributed by atoms with Crippen molar-refractivity contribution in [3.05, 3.63) is 41.6 Å². The molecule has 0 saturated heterocycles. The van der Waals surface area contributed by atoms with Gasteiger partial charge in [0.2, 0.25) is 0 Å². The van der Waals surface area contributed by atoms with Crippen molar-refractivity contribution in [2.75, 3.05) is 33.9 Å². The van der Waals surface area contributed by atoms with Crippen LogP contribution in [-0.2, 0) is 16.0 Å². The van der Waals surface area contributed by atoms with E-state index >= 15 is 0 Å². The number of hydrogen-bond donors (Lipinski definition) is 2. The first-order chi connectivity index (χ1) is 10.7. The zero-order chi connectivity index (χ0) is 16.2. The number of hydrogen-bond acceptors (Lipinski definition) is 5. The summed E-state index contributed by atoms with van der Waals surface area (Å²) in [4.78, 5) is 11.8. The monoisotopic (exact) mass is 303 g/mol. The van der Waals surface area contributed by atoms with Crippen LogP contribution in [0.15, 0.2) is 36.0 Å². The third kappa shape index (κ3) is 6.29. The van der Waals surface area contributed by atoms with Crippen LogP contribution in [0.1, 0.15) is 5.56 Å². The molecule has 0 aromatic heterocycles. The number of carbonyl (C=O) groups is 1. The molecule has 0 atom stereocenters.